The van der Waals surface area contributed by atoms with Crippen molar-refractivity contribution in [3.05, 3.63) is 59.1 Å². The summed E-state index contributed by atoms with van der Waals surface area (Å²) in [6, 6.07) is 14.5. The Morgan fingerprint density at radius 2 is 1.80 bits per heavy atom. The number of fused-ring (bicyclic) bond motifs is 1. The van der Waals surface area contributed by atoms with E-state index in [1.54, 1.807) is 18.2 Å². The van der Waals surface area contributed by atoms with Gasteiger partial charge in [-0.3, -0.25) is 0 Å². The topological polar surface area (TPSA) is 39.4 Å². The van der Waals surface area contributed by atoms with Gasteiger partial charge in [-0.1, -0.05) is 41.9 Å². The molecule has 0 unspecified atom stereocenters. The molecule has 0 amide bonds. The number of carbonyl (C=O) groups excluding carboxylic acids is 1. The summed E-state index contributed by atoms with van der Waals surface area (Å²) in [7, 11) is 1.35. The van der Waals surface area contributed by atoms with Crippen LogP contribution in [0.2, 0.25) is 5.02 Å². The molecule has 3 aromatic rings. The molecule has 0 fully saturated rings. The highest BCUT2D eigenvalue weighted by Crippen LogP contribution is 2.38. The fourth-order valence-corrected chi connectivity index (χ4v) is 2.45. The number of hydrogen-bond donors (Lipinski definition) is 0. The Bertz CT molecular complexity index is 789. The van der Waals surface area contributed by atoms with E-state index in [-0.39, 0.29) is 0 Å². The first-order valence-corrected chi connectivity index (χ1v) is 6.45. The first kappa shape index (κ1) is 12.8. The van der Waals surface area contributed by atoms with E-state index in [0.717, 1.165) is 5.39 Å². The van der Waals surface area contributed by atoms with Crippen LogP contribution < -0.4 is 0 Å². The third kappa shape index (κ3) is 1.96. The van der Waals surface area contributed by atoms with Crippen molar-refractivity contribution in [3.8, 4) is 11.3 Å². The SMILES string of the molecule is COC(=O)c1ccccc1-c1oc2ccccc2c1Cl. The lowest BCUT2D eigenvalue weighted by Crippen LogP contribution is -2.02. The van der Waals surface area contributed by atoms with Gasteiger partial charge in [0.05, 0.1) is 17.7 Å². The van der Waals surface area contributed by atoms with Gasteiger partial charge in [0.2, 0.25) is 0 Å². The van der Waals surface area contributed by atoms with Gasteiger partial charge in [-0.2, -0.15) is 0 Å². The molecule has 0 saturated heterocycles. The lowest BCUT2D eigenvalue weighted by atomic mass is 10.1. The van der Waals surface area contributed by atoms with E-state index >= 15 is 0 Å². The summed E-state index contributed by atoms with van der Waals surface area (Å²) in [5.74, 6) is 0.0611. The smallest absolute Gasteiger partial charge is 0.338 e. The summed E-state index contributed by atoms with van der Waals surface area (Å²) in [5.41, 5.74) is 1.74. The van der Waals surface area contributed by atoms with E-state index in [1.807, 2.05) is 30.3 Å². The number of hydrogen-bond acceptors (Lipinski definition) is 3. The van der Waals surface area contributed by atoms with Gasteiger partial charge in [0, 0.05) is 10.9 Å². The summed E-state index contributed by atoms with van der Waals surface area (Å²) in [4.78, 5) is 11.8. The lowest BCUT2D eigenvalue weighted by Gasteiger charge is -2.05. The van der Waals surface area contributed by atoms with Crippen LogP contribution in [0.5, 0.6) is 0 Å². The van der Waals surface area contributed by atoms with Crippen LogP contribution in [0.1, 0.15) is 10.4 Å². The van der Waals surface area contributed by atoms with Crippen molar-refractivity contribution in [2.75, 3.05) is 7.11 Å². The summed E-state index contributed by atoms with van der Waals surface area (Å²) >= 11 is 6.37. The van der Waals surface area contributed by atoms with Crippen LogP contribution in [-0.2, 0) is 4.74 Å². The van der Waals surface area contributed by atoms with Crippen molar-refractivity contribution in [3.63, 3.8) is 0 Å². The maximum absolute atomic E-state index is 11.8. The Morgan fingerprint density at radius 3 is 2.55 bits per heavy atom. The van der Waals surface area contributed by atoms with Crippen molar-refractivity contribution in [1.29, 1.82) is 0 Å². The monoisotopic (exact) mass is 286 g/mol. The van der Waals surface area contributed by atoms with Crippen LogP contribution in [0.25, 0.3) is 22.3 Å². The number of carbonyl (C=O) groups is 1. The molecule has 20 heavy (non-hydrogen) atoms. The van der Waals surface area contributed by atoms with E-state index in [2.05, 4.69) is 0 Å². The van der Waals surface area contributed by atoms with E-state index in [4.69, 9.17) is 20.8 Å². The number of benzene rings is 2. The Balaban J connectivity index is 2.26. The molecule has 0 spiro atoms. The maximum Gasteiger partial charge on any atom is 0.338 e. The standard InChI is InChI=1S/C16H11ClO3/c1-19-16(18)11-7-3-2-6-10(11)15-14(17)12-8-4-5-9-13(12)20-15/h2-9H,1H3. The zero-order valence-corrected chi connectivity index (χ0v) is 11.5. The molecule has 0 radical (unpaired) electrons. The molecule has 0 atom stereocenters. The second-order valence-electron chi connectivity index (χ2n) is 4.28. The largest absolute Gasteiger partial charge is 0.465 e. The summed E-state index contributed by atoms with van der Waals surface area (Å²) < 4.78 is 10.6. The van der Waals surface area contributed by atoms with Crippen LogP contribution in [0.15, 0.2) is 52.9 Å². The fourth-order valence-electron chi connectivity index (χ4n) is 2.16. The average molecular weight is 287 g/mol. The minimum atomic E-state index is -0.419. The maximum atomic E-state index is 11.8. The zero-order valence-electron chi connectivity index (χ0n) is 10.7. The first-order chi connectivity index (χ1) is 9.72. The second-order valence-corrected chi connectivity index (χ2v) is 4.66. The van der Waals surface area contributed by atoms with Crippen molar-refractivity contribution in [1.82, 2.24) is 0 Å². The Morgan fingerprint density at radius 1 is 1.10 bits per heavy atom. The van der Waals surface area contributed by atoms with Crippen molar-refractivity contribution in [2.24, 2.45) is 0 Å². The van der Waals surface area contributed by atoms with Gasteiger partial charge in [0.25, 0.3) is 0 Å². The molecule has 0 N–H and O–H groups in total. The van der Waals surface area contributed by atoms with E-state index < -0.39 is 5.97 Å². The number of furan rings is 1. The van der Waals surface area contributed by atoms with Crippen molar-refractivity contribution in [2.45, 2.75) is 0 Å². The third-order valence-corrected chi connectivity index (χ3v) is 3.49. The van der Waals surface area contributed by atoms with Gasteiger partial charge >= 0.3 is 5.97 Å². The Kier molecular flexibility index (Phi) is 3.20. The van der Waals surface area contributed by atoms with Crippen LogP contribution in [0.3, 0.4) is 0 Å². The third-order valence-electron chi connectivity index (χ3n) is 3.11. The molecular formula is C16H11ClO3. The molecule has 0 bridgehead atoms. The predicted octanol–water partition coefficient (Wildman–Crippen LogP) is 4.54. The first-order valence-electron chi connectivity index (χ1n) is 6.07. The molecular weight excluding hydrogens is 276 g/mol. The molecule has 0 aliphatic rings. The number of rotatable bonds is 2. The molecule has 2 aromatic carbocycles. The summed E-state index contributed by atoms with van der Waals surface area (Å²) in [5, 5.41) is 1.32. The van der Waals surface area contributed by atoms with Gasteiger partial charge in [-0.25, -0.2) is 4.79 Å². The van der Waals surface area contributed by atoms with Crippen LogP contribution in [-0.4, -0.2) is 13.1 Å². The molecule has 3 rings (SSSR count). The van der Waals surface area contributed by atoms with Crippen LogP contribution >= 0.6 is 11.6 Å². The van der Waals surface area contributed by atoms with Gasteiger partial charge in [0.1, 0.15) is 5.58 Å². The van der Waals surface area contributed by atoms with Gasteiger partial charge in [0.15, 0.2) is 5.76 Å². The molecule has 1 heterocycles. The highest BCUT2D eigenvalue weighted by atomic mass is 35.5. The summed E-state index contributed by atoms with van der Waals surface area (Å²) in [6.45, 7) is 0. The second kappa shape index (κ2) is 5.02. The molecule has 0 aliphatic carbocycles. The number of ether oxygens (including phenoxy) is 1. The highest BCUT2D eigenvalue weighted by Gasteiger charge is 2.19. The normalized spacial score (nSPS) is 10.7. The molecule has 0 aliphatic heterocycles. The average Bonchev–Trinajstić information content (AvgIpc) is 2.84. The molecule has 1 aromatic heterocycles. The van der Waals surface area contributed by atoms with Crippen molar-refractivity contribution >= 4 is 28.5 Å². The van der Waals surface area contributed by atoms with Gasteiger partial charge < -0.3 is 9.15 Å². The quantitative estimate of drug-likeness (QED) is 0.649. The fraction of sp³-hybridized carbons (Fsp3) is 0.0625. The molecule has 3 nitrogen and oxygen atoms in total. The van der Waals surface area contributed by atoms with E-state index in [9.17, 15) is 4.79 Å². The van der Waals surface area contributed by atoms with Crippen molar-refractivity contribution < 1.29 is 13.9 Å². The van der Waals surface area contributed by atoms with Gasteiger partial charge in [-0.05, 0) is 18.2 Å². The number of esters is 1. The van der Waals surface area contributed by atoms with Crippen LogP contribution in [0.4, 0.5) is 0 Å². The Labute approximate surface area is 120 Å². The highest BCUT2D eigenvalue weighted by molar-refractivity contribution is 6.38. The van der Waals surface area contributed by atoms with E-state index in [0.29, 0.717) is 27.5 Å². The minimum absolute atomic E-state index is 0.419. The molecule has 100 valence electrons. The minimum Gasteiger partial charge on any atom is -0.465 e. The van der Waals surface area contributed by atoms with E-state index in [1.165, 1.54) is 7.11 Å². The summed E-state index contributed by atoms with van der Waals surface area (Å²) in [6.07, 6.45) is 0. The number of para-hydroxylation sites is 1. The van der Waals surface area contributed by atoms with Gasteiger partial charge in [-0.15, -0.1) is 0 Å². The number of halogens is 1. The van der Waals surface area contributed by atoms with Crippen LogP contribution in [0, 0.1) is 0 Å². The molecule has 4 heteroatoms. The lowest BCUT2D eigenvalue weighted by molar-refractivity contribution is 0.0601. The zero-order chi connectivity index (χ0) is 14.1. The number of methoxy groups -OCH3 is 1. The molecule has 0 saturated carbocycles. The Hall–Kier alpha value is -2.26. The predicted molar refractivity (Wildman–Crippen MR) is 78.0 cm³/mol.